The van der Waals surface area contributed by atoms with Crippen molar-refractivity contribution < 1.29 is 4.42 Å². The van der Waals surface area contributed by atoms with Crippen LogP contribution in [0.25, 0.3) is 173 Å². The fourth-order valence-corrected chi connectivity index (χ4v) is 22.0. The first-order chi connectivity index (χ1) is 64.0. The highest BCUT2D eigenvalue weighted by molar-refractivity contribution is 6.29. The number of hydrogen-bond donors (Lipinski definition) is 0. The van der Waals surface area contributed by atoms with Crippen molar-refractivity contribution >= 4 is 202 Å². The quantitative estimate of drug-likeness (QED) is 0.134. The fraction of sp³-hybridized carbons (Fsp3) is 0.0476. The Labute approximate surface area is 754 Å². The lowest BCUT2D eigenvalue weighted by Gasteiger charge is -2.29. The summed E-state index contributed by atoms with van der Waals surface area (Å²) in [5.41, 5.74) is 22.9. The largest absolute Gasteiger partial charge is 0.456 e. The first-order valence-corrected chi connectivity index (χ1v) is 45.2. The van der Waals surface area contributed by atoms with Crippen LogP contribution < -0.4 is 14.7 Å². The van der Waals surface area contributed by atoms with Gasteiger partial charge in [0.2, 0.25) is 0 Å². The number of hydrogen-bond acceptors (Lipinski definition) is 4. The Morgan fingerprint density at radius 1 is 0.162 bits per heavy atom. The number of benzene rings is 24. The van der Waals surface area contributed by atoms with Crippen molar-refractivity contribution in [2.24, 2.45) is 0 Å². The third kappa shape index (κ3) is 12.3. The van der Waals surface area contributed by atoms with E-state index in [2.05, 4.69) is 485 Å². The van der Waals surface area contributed by atoms with Crippen molar-refractivity contribution in [1.29, 1.82) is 0 Å². The topological polar surface area (TPSA) is 22.9 Å². The molecule has 0 spiro atoms. The lowest BCUT2D eigenvalue weighted by atomic mass is 9.82. The molecule has 0 amide bonds. The van der Waals surface area contributed by atoms with Gasteiger partial charge in [-0.25, -0.2) is 0 Å². The lowest BCUT2D eigenvalue weighted by molar-refractivity contribution is 0.660. The van der Waals surface area contributed by atoms with Gasteiger partial charge in [-0.15, -0.1) is 0 Å². The lowest BCUT2D eigenvalue weighted by Crippen LogP contribution is -2.16. The molecule has 0 fully saturated rings. The van der Waals surface area contributed by atoms with Crippen LogP contribution in [-0.2, 0) is 10.8 Å². The maximum Gasteiger partial charge on any atom is 0.137 e. The summed E-state index contributed by atoms with van der Waals surface area (Å²) in [6.45, 7) is 9.41. The summed E-state index contributed by atoms with van der Waals surface area (Å²) in [5.74, 6) is 0. The van der Waals surface area contributed by atoms with Crippen LogP contribution in [0.5, 0.6) is 0 Å². The molecule has 1 heterocycles. The van der Waals surface area contributed by atoms with Gasteiger partial charge in [0.1, 0.15) is 11.2 Å². The molecule has 27 rings (SSSR count). The van der Waals surface area contributed by atoms with Crippen molar-refractivity contribution in [2.45, 2.75) is 38.5 Å². The number of fused-ring (bicyclic) bond motifs is 30. The van der Waals surface area contributed by atoms with Gasteiger partial charge in [0, 0.05) is 78.6 Å². The molecule has 0 saturated heterocycles. The van der Waals surface area contributed by atoms with E-state index in [9.17, 15) is 0 Å². The zero-order chi connectivity index (χ0) is 86.5. The molecule has 2 aliphatic rings. The second kappa shape index (κ2) is 30.2. The maximum absolute atomic E-state index is 6.27. The van der Waals surface area contributed by atoms with Gasteiger partial charge in [0.05, 0.1) is 5.69 Å². The van der Waals surface area contributed by atoms with E-state index in [4.69, 9.17) is 4.42 Å². The molecule has 25 aromatic rings. The maximum atomic E-state index is 6.27. The van der Waals surface area contributed by atoms with Gasteiger partial charge in [-0.1, -0.05) is 367 Å². The smallest absolute Gasteiger partial charge is 0.137 e. The first-order valence-electron chi connectivity index (χ1n) is 45.2. The van der Waals surface area contributed by atoms with Crippen LogP contribution in [0.3, 0.4) is 0 Å². The van der Waals surface area contributed by atoms with Crippen LogP contribution in [0.15, 0.2) is 459 Å². The van der Waals surface area contributed by atoms with Gasteiger partial charge in [0.25, 0.3) is 0 Å². The molecule has 612 valence electrons. The number of anilines is 9. The number of nitrogens with zero attached hydrogens (tertiary/aromatic N) is 3. The number of para-hydroxylation sites is 4. The summed E-state index contributed by atoms with van der Waals surface area (Å²) in [7, 11) is 0. The molecule has 0 radical (unpaired) electrons. The molecule has 24 aromatic carbocycles. The first kappa shape index (κ1) is 76.1. The number of rotatable bonds is 9. The average Bonchev–Trinajstić information content (AvgIpc) is 1.33. The summed E-state index contributed by atoms with van der Waals surface area (Å²) >= 11 is 0. The number of furan rings is 1. The van der Waals surface area contributed by atoms with Crippen LogP contribution in [0.4, 0.5) is 51.2 Å². The standard InChI is InChI=1S/2C43H31N.C40H25NO/c1-43(2)39-17-9-8-15-34(39)35-26-22-31(27-40(35)43)44(30-12-4-3-5-13-30)41-18-10-16-37-36(41)24-21-29-20-23-33-32-14-7-6-11-28(32)19-25-38(33)42(29)37;1-43(2)40-15-9-8-14-37(40)38-25-21-33(27-41(38)43)44(31-11-4-3-5-12-31)32-20-24-34-30(26-32)19-23-39-36(34)22-18-29-17-16-28-10-6-7-13-35(28)42(29)39;1-2-9-29(10-3-1)41(31-19-23-36-35-12-6-7-13-38(35)42-39(36)25-31)30-18-22-32-28(24-30)17-21-37-34(32)20-16-27-15-14-26-8-4-5-11-33(26)40(27)37/h2*3-27H,1-2H3;1-25H. The normalized spacial score (nSPS) is 12.9. The molecule has 130 heavy (non-hydrogen) atoms. The van der Waals surface area contributed by atoms with E-state index in [0.29, 0.717) is 0 Å². The Hall–Kier alpha value is -16.4. The zero-order valence-corrected chi connectivity index (χ0v) is 72.6. The molecule has 0 unspecified atom stereocenters. The highest BCUT2D eigenvalue weighted by Crippen LogP contribution is 2.55. The molecule has 4 heteroatoms. The van der Waals surface area contributed by atoms with Gasteiger partial charge < -0.3 is 19.1 Å². The Balaban J connectivity index is 0.000000105. The van der Waals surface area contributed by atoms with Gasteiger partial charge in [0.15, 0.2) is 0 Å². The minimum atomic E-state index is -0.0685. The van der Waals surface area contributed by atoms with Gasteiger partial charge in [-0.05, 0) is 278 Å². The Bertz CT molecular complexity index is 8960. The second-order valence-electron chi connectivity index (χ2n) is 36.1. The molecule has 0 atom stereocenters. The predicted molar refractivity (Wildman–Crippen MR) is 556 cm³/mol. The highest BCUT2D eigenvalue weighted by atomic mass is 16.3. The molecular weight excluding hydrogens is 1570 g/mol. The summed E-state index contributed by atoms with van der Waals surface area (Å²) in [4.78, 5) is 7.15. The molecule has 1 aromatic heterocycles. The molecule has 0 bridgehead atoms. The van der Waals surface area contributed by atoms with E-state index in [0.717, 1.165) is 56.1 Å². The molecule has 2 aliphatic carbocycles. The highest BCUT2D eigenvalue weighted by Gasteiger charge is 2.38. The monoisotopic (exact) mass is 1660 g/mol. The summed E-state index contributed by atoms with van der Waals surface area (Å²) in [6, 6.07) is 166. The average molecular weight is 1660 g/mol. The van der Waals surface area contributed by atoms with Crippen molar-refractivity contribution in [3.8, 4) is 22.3 Å². The summed E-state index contributed by atoms with van der Waals surface area (Å²) < 4.78 is 6.27. The molecule has 0 aliphatic heterocycles. The van der Waals surface area contributed by atoms with Crippen molar-refractivity contribution in [3.63, 3.8) is 0 Å². The van der Waals surface area contributed by atoms with Gasteiger partial charge in [-0.3, -0.25) is 0 Å². The Morgan fingerprint density at radius 2 is 0.462 bits per heavy atom. The molecule has 0 saturated carbocycles. The van der Waals surface area contributed by atoms with Gasteiger partial charge >= 0.3 is 0 Å². The van der Waals surface area contributed by atoms with Gasteiger partial charge in [-0.2, -0.15) is 0 Å². The predicted octanol–water partition coefficient (Wildman–Crippen LogP) is 35.8. The van der Waals surface area contributed by atoms with E-state index in [1.54, 1.807) is 0 Å². The van der Waals surface area contributed by atoms with Crippen LogP contribution in [0.1, 0.15) is 49.9 Å². The van der Waals surface area contributed by atoms with Crippen LogP contribution in [0, 0.1) is 0 Å². The summed E-state index contributed by atoms with van der Waals surface area (Å²) in [6.07, 6.45) is 0. The molecule has 4 nitrogen and oxygen atoms in total. The van der Waals surface area contributed by atoms with Crippen LogP contribution in [-0.4, -0.2) is 0 Å². The molecule has 0 N–H and O–H groups in total. The second-order valence-corrected chi connectivity index (χ2v) is 36.1. The van der Waals surface area contributed by atoms with Crippen molar-refractivity contribution in [3.05, 3.63) is 477 Å². The zero-order valence-electron chi connectivity index (χ0n) is 72.6. The van der Waals surface area contributed by atoms with E-state index < -0.39 is 0 Å². The minimum absolute atomic E-state index is 0.0560. The van der Waals surface area contributed by atoms with E-state index in [1.807, 2.05) is 12.1 Å². The van der Waals surface area contributed by atoms with Crippen molar-refractivity contribution in [2.75, 3.05) is 14.7 Å². The van der Waals surface area contributed by atoms with Crippen LogP contribution in [0.2, 0.25) is 0 Å². The van der Waals surface area contributed by atoms with E-state index in [1.165, 1.54) is 191 Å². The molecular formula is C126H87N3O. The SMILES string of the molecule is CC1(C)c2ccccc2-c2ccc(N(c3ccccc3)c3ccc4c(ccc5c4ccc4ccc6ccccc6c45)c3)cc21.CC1(C)c2ccccc2-c2ccc(N(c3ccccc3)c3cccc4c3ccc3ccc5c6ccccc6ccc5c34)cc21.c1ccc(N(c2ccc3c(ccc4c3ccc3ccc5ccccc5c34)c2)c2ccc3c(c2)oc2ccccc23)cc1. The third-order valence-electron chi connectivity index (χ3n) is 28.2. The summed E-state index contributed by atoms with van der Waals surface area (Å²) in [5, 5.41) is 33.1. The fourth-order valence-electron chi connectivity index (χ4n) is 22.0. The van der Waals surface area contributed by atoms with E-state index >= 15 is 0 Å². The van der Waals surface area contributed by atoms with E-state index in [-0.39, 0.29) is 10.8 Å². The van der Waals surface area contributed by atoms with Crippen LogP contribution >= 0.6 is 0 Å². The van der Waals surface area contributed by atoms with Crippen molar-refractivity contribution in [1.82, 2.24) is 0 Å². The Kier molecular flexibility index (Phi) is 17.7. The third-order valence-corrected chi connectivity index (χ3v) is 28.2. The Morgan fingerprint density at radius 3 is 0.969 bits per heavy atom. The minimum Gasteiger partial charge on any atom is -0.456 e.